The number of nitrogens with one attached hydrogen (secondary N) is 2. The summed E-state index contributed by atoms with van der Waals surface area (Å²) in [7, 11) is 0. The fourth-order valence-electron chi connectivity index (χ4n) is 3.35. The number of nitriles is 1. The van der Waals surface area contributed by atoms with Gasteiger partial charge >= 0.3 is 0 Å². The molecule has 2 N–H and O–H groups in total. The maximum Gasteiger partial charge on any atom is 0.239 e. The third-order valence-electron chi connectivity index (χ3n) is 4.85. The minimum Gasteiger partial charge on any atom is -0.323 e. The minimum atomic E-state index is -0.319. The first-order valence-corrected chi connectivity index (χ1v) is 10.3. The average Bonchev–Trinajstić information content (AvgIpc) is 2.77. The molecule has 0 bridgehead atoms. The lowest BCUT2D eigenvalue weighted by Crippen LogP contribution is -2.41. The van der Waals surface area contributed by atoms with Crippen molar-refractivity contribution in [1.29, 1.82) is 5.26 Å². The Morgan fingerprint density at radius 2 is 1.90 bits per heavy atom. The van der Waals surface area contributed by atoms with E-state index in [9.17, 15) is 4.79 Å². The molecular weight excluding hydrogens is 380 g/mol. The van der Waals surface area contributed by atoms with Crippen molar-refractivity contribution in [3.05, 3.63) is 89.6 Å². The summed E-state index contributed by atoms with van der Waals surface area (Å²) in [5.74, 6) is -0.0183. The van der Waals surface area contributed by atoms with Crippen molar-refractivity contribution >= 4 is 23.4 Å². The molecule has 1 aromatic heterocycles. The zero-order valence-corrected chi connectivity index (χ0v) is 16.5. The number of hydrogen-bond donors (Lipinski definition) is 2. The number of rotatable bonds is 6. The van der Waals surface area contributed by atoms with Crippen molar-refractivity contribution in [2.75, 3.05) is 11.9 Å². The SMILES string of the molecule is N#Cc1ccc(CCNC(c2ccccc2)[C@@H]2Sc3ncccc3NC2=O)cc1. The number of amides is 1. The van der Waals surface area contributed by atoms with Gasteiger partial charge in [-0.15, -0.1) is 0 Å². The predicted molar refractivity (Wildman–Crippen MR) is 115 cm³/mol. The molecule has 1 amide bonds. The van der Waals surface area contributed by atoms with Crippen LogP contribution in [-0.4, -0.2) is 22.7 Å². The zero-order valence-electron chi connectivity index (χ0n) is 15.7. The molecule has 4 rings (SSSR count). The monoisotopic (exact) mass is 400 g/mol. The molecule has 2 aromatic carbocycles. The highest BCUT2D eigenvalue weighted by Crippen LogP contribution is 2.39. The molecule has 1 aliphatic heterocycles. The first-order chi connectivity index (χ1) is 14.2. The molecule has 6 heteroatoms. The second-order valence-corrected chi connectivity index (χ2v) is 7.92. The Labute approximate surface area is 174 Å². The van der Waals surface area contributed by atoms with Crippen LogP contribution < -0.4 is 10.6 Å². The smallest absolute Gasteiger partial charge is 0.239 e. The van der Waals surface area contributed by atoms with Crippen molar-refractivity contribution in [3.8, 4) is 6.07 Å². The van der Waals surface area contributed by atoms with E-state index in [1.54, 1.807) is 6.20 Å². The van der Waals surface area contributed by atoms with E-state index < -0.39 is 0 Å². The number of thioether (sulfide) groups is 1. The molecule has 0 radical (unpaired) electrons. The molecule has 2 heterocycles. The van der Waals surface area contributed by atoms with Crippen LogP contribution in [0.25, 0.3) is 0 Å². The summed E-state index contributed by atoms with van der Waals surface area (Å²) >= 11 is 1.50. The largest absolute Gasteiger partial charge is 0.323 e. The number of carbonyl (C=O) groups is 1. The van der Waals surface area contributed by atoms with Gasteiger partial charge in [-0.3, -0.25) is 4.79 Å². The third-order valence-corrected chi connectivity index (χ3v) is 6.14. The summed E-state index contributed by atoms with van der Waals surface area (Å²) in [5.41, 5.74) is 3.64. The van der Waals surface area contributed by atoms with Gasteiger partial charge in [0.15, 0.2) is 0 Å². The Hall–Kier alpha value is -3.14. The first kappa shape index (κ1) is 19.2. The van der Waals surface area contributed by atoms with Crippen LogP contribution in [0.2, 0.25) is 0 Å². The molecule has 144 valence electrons. The van der Waals surface area contributed by atoms with Crippen LogP contribution in [0.1, 0.15) is 22.7 Å². The Morgan fingerprint density at radius 1 is 1.10 bits per heavy atom. The van der Waals surface area contributed by atoms with Gasteiger partial charge in [0.05, 0.1) is 23.4 Å². The van der Waals surface area contributed by atoms with E-state index in [0.717, 1.165) is 28.3 Å². The van der Waals surface area contributed by atoms with Crippen molar-refractivity contribution in [3.63, 3.8) is 0 Å². The van der Waals surface area contributed by atoms with Gasteiger partial charge in [-0.05, 0) is 48.4 Å². The summed E-state index contributed by atoms with van der Waals surface area (Å²) in [5, 5.41) is 16.0. The van der Waals surface area contributed by atoms with Crippen molar-refractivity contribution in [2.24, 2.45) is 0 Å². The second kappa shape index (κ2) is 8.91. The molecule has 1 aliphatic rings. The van der Waals surface area contributed by atoms with E-state index in [1.807, 2.05) is 66.7 Å². The number of nitrogens with zero attached hydrogens (tertiary/aromatic N) is 2. The quantitative estimate of drug-likeness (QED) is 0.655. The van der Waals surface area contributed by atoms with Crippen LogP contribution in [0, 0.1) is 11.3 Å². The van der Waals surface area contributed by atoms with Gasteiger partial charge in [-0.1, -0.05) is 54.2 Å². The lowest BCUT2D eigenvalue weighted by Gasteiger charge is -2.30. The molecule has 2 atom stereocenters. The van der Waals surface area contributed by atoms with E-state index in [2.05, 4.69) is 21.7 Å². The number of pyridine rings is 1. The molecular formula is C23H20N4OS. The Kier molecular flexibility index (Phi) is 5.89. The lowest BCUT2D eigenvalue weighted by molar-refractivity contribution is -0.116. The zero-order chi connectivity index (χ0) is 20.1. The molecule has 1 unspecified atom stereocenters. The van der Waals surface area contributed by atoms with Gasteiger partial charge in [-0.2, -0.15) is 5.26 Å². The number of anilines is 1. The molecule has 0 saturated heterocycles. The van der Waals surface area contributed by atoms with E-state index >= 15 is 0 Å². The van der Waals surface area contributed by atoms with Gasteiger partial charge in [-0.25, -0.2) is 4.98 Å². The maximum atomic E-state index is 12.8. The topological polar surface area (TPSA) is 77.8 Å². The lowest BCUT2D eigenvalue weighted by atomic mass is 10.0. The van der Waals surface area contributed by atoms with Crippen LogP contribution in [-0.2, 0) is 11.2 Å². The standard InChI is InChI=1S/C23H20N4OS/c24-15-17-10-8-16(9-11-17)12-14-25-20(18-5-2-1-3-6-18)21-22(28)27-19-7-4-13-26-23(19)29-21/h1-11,13,20-21,25H,12,14H2,(H,27,28)/t20?,21-/m0/s1. The normalized spacial score (nSPS) is 16.4. The van der Waals surface area contributed by atoms with Gasteiger partial charge in [0.25, 0.3) is 0 Å². The maximum absolute atomic E-state index is 12.8. The van der Waals surface area contributed by atoms with Crippen LogP contribution in [0.15, 0.2) is 78.0 Å². The van der Waals surface area contributed by atoms with E-state index in [-0.39, 0.29) is 17.2 Å². The summed E-state index contributed by atoms with van der Waals surface area (Å²) in [6.07, 6.45) is 2.55. The molecule has 5 nitrogen and oxygen atoms in total. The Bertz CT molecular complexity index is 1030. The minimum absolute atomic E-state index is 0.0183. The number of aromatic nitrogens is 1. The van der Waals surface area contributed by atoms with Gasteiger partial charge in [0.1, 0.15) is 10.3 Å². The molecule has 0 fully saturated rings. The van der Waals surface area contributed by atoms with Crippen molar-refractivity contribution < 1.29 is 4.79 Å². The second-order valence-electron chi connectivity index (χ2n) is 6.79. The first-order valence-electron chi connectivity index (χ1n) is 9.44. The summed E-state index contributed by atoms with van der Waals surface area (Å²) in [4.78, 5) is 17.3. The van der Waals surface area contributed by atoms with E-state index in [0.29, 0.717) is 12.1 Å². The van der Waals surface area contributed by atoms with Crippen molar-refractivity contribution in [1.82, 2.24) is 10.3 Å². The molecule has 29 heavy (non-hydrogen) atoms. The highest BCUT2D eigenvalue weighted by Gasteiger charge is 2.35. The summed E-state index contributed by atoms with van der Waals surface area (Å²) in [6, 6.07) is 23.3. The van der Waals surface area contributed by atoms with Gasteiger partial charge < -0.3 is 10.6 Å². The average molecular weight is 401 g/mol. The van der Waals surface area contributed by atoms with Crippen LogP contribution in [0.5, 0.6) is 0 Å². The van der Waals surface area contributed by atoms with Crippen LogP contribution >= 0.6 is 11.8 Å². The molecule has 3 aromatic rings. The van der Waals surface area contributed by atoms with Crippen LogP contribution in [0.3, 0.4) is 0 Å². The Balaban J connectivity index is 1.51. The van der Waals surface area contributed by atoms with Crippen molar-refractivity contribution in [2.45, 2.75) is 22.7 Å². The van der Waals surface area contributed by atoms with Gasteiger partial charge in [0, 0.05) is 6.20 Å². The highest BCUT2D eigenvalue weighted by molar-refractivity contribution is 8.00. The van der Waals surface area contributed by atoms with Crippen LogP contribution in [0.4, 0.5) is 5.69 Å². The Morgan fingerprint density at radius 3 is 2.66 bits per heavy atom. The fraction of sp³-hybridized carbons (Fsp3) is 0.174. The number of fused-ring (bicyclic) bond motifs is 1. The fourth-order valence-corrected chi connectivity index (χ4v) is 4.52. The van der Waals surface area contributed by atoms with E-state index in [1.165, 1.54) is 11.8 Å². The number of hydrogen-bond acceptors (Lipinski definition) is 5. The number of benzene rings is 2. The highest BCUT2D eigenvalue weighted by atomic mass is 32.2. The molecule has 0 aliphatic carbocycles. The summed E-state index contributed by atoms with van der Waals surface area (Å²) in [6.45, 7) is 0.713. The third kappa shape index (κ3) is 4.48. The summed E-state index contributed by atoms with van der Waals surface area (Å²) < 4.78 is 0. The number of carbonyl (C=O) groups excluding carboxylic acids is 1. The molecule has 0 spiro atoms. The van der Waals surface area contributed by atoms with E-state index in [4.69, 9.17) is 5.26 Å². The molecule has 0 saturated carbocycles. The van der Waals surface area contributed by atoms with Gasteiger partial charge in [0.2, 0.25) is 5.91 Å². The predicted octanol–water partition coefficient (Wildman–Crippen LogP) is 3.94.